The van der Waals surface area contributed by atoms with E-state index < -0.39 is 18.1 Å². The van der Waals surface area contributed by atoms with E-state index >= 15 is 0 Å². The summed E-state index contributed by atoms with van der Waals surface area (Å²) in [7, 11) is 1.33. The molecule has 110 valence electrons. The van der Waals surface area contributed by atoms with Crippen LogP contribution in [0.25, 0.3) is 0 Å². The quantitative estimate of drug-likeness (QED) is 0.736. The molecule has 0 aliphatic heterocycles. The number of ether oxygens (including phenoxy) is 1. The average molecular weight is 298 g/mol. The molecule has 0 saturated carbocycles. The maximum absolute atomic E-state index is 11.9. The van der Waals surface area contributed by atoms with Crippen molar-refractivity contribution in [1.29, 1.82) is 0 Å². The molecule has 1 aromatic heterocycles. The number of thiophene rings is 1. The van der Waals surface area contributed by atoms with Gasteiger partial charge in [-0.15, -0.1) is 11.3 Å². The number of aliphatic hydroxyl groups excluding tert-OH is 1. The number of hydrogen-bond acceptors (Lipinski definition) is 5. The minimum Gasteiger partial charge on any atom is -0.465 e. The molecular formula is C13H18N2O4S. The predicted octanol–water partition coefficient (Wildman–Crippen LogP) is 1.53. The Morgan fingerprint density at radius 2 is 2.20 bits per heavy atom. The van der Waals surface area contributed by atoms with Crippen molar-refractivity contribution in [2.75, 3.05) is 19.0 Å². The number of aryl methyl sites for hydroxylation is 1. The molecule has 1 heterocycles. The molecule has 0 saturated heterocycles. The third-order valence-electron chi connectivity index (χ3n) is 3.10. The summed E-state index contributed by atoms with van der Waals surface area (Å²) in [5.74, 6) is -0.421. The van der Waals surface area contributed by atoms with E-state index in [2.05, 4.69) is 10.6 Å². The molecule has 20 heavy (non-hydrogen) atoms. The van der Waals surface area contributed by atoms with Gasteiger partial charge in [-0.25, -0.2) is 9.59 Å². The molecule has 1 atom stereocenters. The van der Waals surface area contributed by atoms with Gasteiger partial charge in [0.05, 0.1) is 18.8 Å². The minimum atomic E-state index is -0.617. The van der Waals surface area contributed by atoms with Crippen molar-refractivity contribution in [1.82, 2.24) is 5.32 Å². The van der Waals surface area contributed by atoms with Crippen LogP contribution in [0, 0.1) is 0 Å². The summed E-state index contributed by atoms with van der Waals surface area (Å²) in [6.45, 7) is 1.74. The molecule has 1 aliphatic rings. The third-order valence-corrected chi connectivity index (χ3v) is 4.30. The number of nitrogens with one attached hydrogen (secondary N) is 2. The Bertz CT molecular complexity index is 525. The molecule has 0 aromatic carbocycles. The standard InChI is InChI=1S/C13H18N2O4S/c1-7(16)6-14-13(18)15-11-10(12(17)19-2)8-4-3-5-9(8)20-11/h7,16H,3-6H2,1-2H3,(H2,14,15,18). The lowest BCUT2D eigenvalue weighted by Crippen LogP contribution is -2.34. The molecule has 6 nitrogen and oxygen atoms in total. The van der Waals surface area contributed by atoms with E-state index in [0.717, 1.165) is 29.7 Å². The summed E-state index contributed by atoms with van der Waals surface area (Å²) < 4.78 is 4.80. The lowest BCUT2D eigenvalue weighted by molar-refractivity contribution is 0.0601. The van der Waals surface area contributed by atoms with Crippen molar-refractivity contribution in [2.45, 2.75) is 32.3 Å². The second-order valence-corrected chi connectivity index (χ2v) is 5.84. The lowest BCUT2D eigenvalue weighted by atomic mass is 10.1. The number of rotatable bonds is 4. The van der Waals surface area contributed by atoms with E-state index in [-0.39, 0.29) is 6.54 Å². The van der Waals surface area contributed by atoms with Crippen LogP contribution >= 0.6 is 11.3 Å². The van der Waals surface area contributed by atoms with E-state index in [4.69, 9.17) is 9.84 Å². The Balaban J connectivity index is 2.15. The van der Waals surface area contributed by atoms with E-state index in [1.165, 1.54) is 18.4 Å². The number of hydrogen-bond donors (Lipinski definition) is 3. The smallest absolute Gasteiger partial charge is 0.341 e. The van der Waals surface area contributed by atoms with Crippen molar-refractivity contribution in [3.05, 3.63) is 16.0 Å². The first kappa shape index (κ1) is 14.8. The van der Waals surface area contributed by atoms with Gasteiger partial charge in [0.1, 0.15) is 5.00 Å². The topological polar surface area (TPSA) is 87.7 Å². The Morgan fingerprint density at radius 3 is 2.85 bits per heavy atom. The second-order valence-electron chi connectivity index (χ2n) is 4.74. The second kappa shape index (κ2) is 6.23. The zero-order valence-corrected chi connectivity index (χ0v) is 12.3. The first-order valence-corrected chi connectivity index (χ1v) is 7.30. The molecular weight excluding hydrogens is 280 g/mol. The molecule has 0 radical (unpaired) electrons. The fourth-order valence-corrected chi connectivity index (χ4v) is 3.47. The Morgan fingerprint density at radius 1 is 1.45 bits per heavy atom. The van der Waals surface area contributed by atoms with Gasteiger partial charge < -0.3 is 15.2 Å². The number of carbonyl (C=O) groups is 2. The molecule has 0 spiro atoms. The van der Waals surface area contributed by atoms with Crippen LogP contribution in [0.3, 0.4) is 0 Å². The van der Waals surface area contributed by atoms with Gasteiger partial charge in [0, 0.05) is 11.4 Å². The Kier molecular flexibility index (Phi) is 4.61. The van der Waals surface area contributed by atoms with Crippen LogP contribution in [-0.4, -0.2) is 36.9 Å². The first-order valence-electron chi connectivity index (χ1n) is 6.48. The highest BCUT2D eigenvalue weighted by Crippen LogP contribution is 2.39. The van der Waals surface area contributed by atoms with Crippen molar-refractivity contribution in [3.63, 3.8) is 0 Å². The lowest BCUT2D eigenvalue weighted by Gasteiger charge is -2.09. The normalized spacial score (nSPS) is 14.6. The van der Waals surface area contributed by atoms with Gasteiger partial charge in [-0.05, 0) is 31.7 Å². The predicted molar refractivity (Wildman–Crippen MR) is 76.4 cm³/mol. The first-order chi connectivity index (χ1) is 9.52. The van der Waals surface area contributed by atoms with E-state index in [9.17, 15) is 9.59 Å². The molecule has 2 amide bonds. The number of anilines is 1. The van der Waals surface area contributed by atoms with Crippen LogP contribution < -0.4 is 10.6 Å². The molecule has 7 heteroatoms. The van der Waals surface area contributed by atoms with Crippen molar-refractivity contribution in [2.24, 2.45) is 0 Å². The monoisotopic (exact) mass is 298 g/mol. The SMILES string of the molecule is COC(=O)c1c(NC(=O)NCC(C)O)sc2c1CCC2. The summed E-state index contributed by atoms with van der Waals surface area (Å²) >= 11 is 1.42. The summed E-state index contributed by atoms with van der Waals surface area (Å²) in [5, 5.41) is 14.8. The van der Waals surface area contributed by atoms with Gasteiger partial charge in [0.2, 0.25) is 0 Å². The van der Waals surface area contributed by atoms with Gasteiger partial charge in [0.15, 0.2) is 0 Å². The van der Waals surface area contributed by atoms with Crippen LogP contribution in [0.2, 0.25) is 0 Å². The van der Waals surface area contributed by atoms with E-state index in [1.54, 1.807) is 6.92 Å². The van der Waals surface area contributed by atoms with Gasteiger partial charge in [0.25, 0.3) is 0 Å². The largest absolute Gasteiger partial charge is 0.465 e. The number of urea groups is 1. The number of methoxy groups -OCH3 is 1. The third kappa shape index (κ3) is 3.10. The van der Waals surface area contributed by atoms with Crippen LogP contribution in [0.5, 0.6) is 0 Å². The zero-order valence-electron chi connectivity index (χ0n) is 11.5. The number of fused-ring (bicyclic) bond motifs is 1. The molecule has 1 aromatic rings. The van der Waals surface area contributed by atoms with Crippen LogP contribution in [0.15, 0.2) is 0 Å². The van der Waals surface area contributed by atoms with E-state index in [1.807, 2.05) is 0 Å². The van der Waals surface area contributed by atoms with E-state index in [0.29, 0.717) is 10.6 Å². The minimum absolute atomic E-state index is 0.157. The zero-order chi connectivity index (χ0) is 14.7. The van der Waals surface area contributed by atoms with Gasteiger partial charge in [-0.3, -0.25) is 5.32 Å². The Hall–Kier alpha value is -1.60. The number of amides is 2. The molecule has 1 unspecified atom stereocenters. The summed E-state index contributed by atoms with van der Waals surface area (Å²) in [4.78, 5) is 24.7. The highest BCUT2D eigenvalue weighted by molar-refractivity contribution is 7.17. The van der Waals surface area contributed by atoms with Gasteiger partial charge in [-0.1, -0.05) is 0 Å². The summed E-state index contributed by atoms with van der Waals surface area (Å²) in [6.07, 6.45) is 2.18. The molecule has 0 fully saturated rings. The summed E-state index contributed by atoms with van der Waals surface area (Å²) in [6, 6.07) is -0.434. The number of esters is 1. The van der Waals surface area contributed by atoms with Crippen molar-refractivity contribution >= 4 is 28.3 Å². The molecule has 0 bridgehead atoms. The highest BCUT2D eigenvalue weighted by Gasteiger charge is 2.27. The number of aliphatic hydroxyl groups is 1. The Labute approximate surface area is 121 Å². The molecule has 2 rings (SSSR count). The van der Waals surface area contributed by atoms with Crippen molar-refractivity contribution < 1.29 is 19.4 Å². The van der Waals surface area contributed by atoms with Crippen molar-refractivity contribution in [3.8, 4) is 0 Å². The maximum atomic E-state index is 11.9. The van der Waals surface area contributed by atoms with Crippen LogP contribution in [0.1, 0.15) is 34.1 Å². The number of carbonyl (C=O) groups excluding carboxylic acids is 2. The molecule has 3 N–H and O–H groups in total. The fraction of sp³-hybridized carbons (Fsp3) is 0.538. The van der Waals surface area contributed by atoms with Crippen LogP contribution in [-0.2, 0) is 17.6 Å². The highest BCUT2D eigenvalue weighted by atomic mass is 32.1. The van der Waals surface area contributed by atoms with Crippen LogP contribution in [0.4, 0.5) is 9.80 Å². The maximum Gasteiger partial charge on any atom is 0.341 e. The summed E-state index contributed by atoms with van der Waals surface area (Å²) in [5.41, 5.74) is 1.46. The van der Waals surface area contributed by atoms with Gasteiger partial charge in [-0.2, -0.15) is 0 Å². The molecule has 1 aliphatic carbocycles. The fourth-order valence-electron chi connectivity index (χ4n) is 2.20. The average Bonchev–Trinajstić information content (AvgIpc) is 2.95. The van der Waals surface area contributed by atoms with Gasteiger partial charge >= 0.3 is 12.0 Å².